The van der Waals surface area contributed by atoms with Gasteiger partial charge in [0.1, 0.15) is 0 Å². The van der Waals surface area contributed by atoms with E-state index in [4.69, 9.17) is 10.5 Å². The lowest BCUT2D eigenvalue weighted by atomic mass is 9.62. The second-order valence-corrected chi connectivity index (χ2v) is 8.47. The van der Waals surface area contributed by atoms with Crippen LogP contribution in [-0.2, 0) is 5.41 Å². The van der Waals surface area contributed by atoms with E-state index >= 15 is 0 Å². The molecule has 3 N–H and O–H groups in total. The Labute approximate surface area is 176 Å². The number of nitrogens with one attached hydrogen (secondary N) is 1. The van der Waals surface area contributed by atoms with Crippen molar-refractivity contribution in [2.24, 2.45) is 11.7 Å². The number of nitrogens with two attached hydrogens (primary N) is 1. The van der Waals surface area contributed by atoms with Gasteiger partial charge in [-0.3, -0.25) is 4.79 Å². The van der Waals surface area contributed by atoms with Gasteiger partial charge in [0.05, 0.1) is 12.0 Å². The average Bonchev–Trinajstić information content (AvgIpc) is 2.79. The summed E-state index contributed by atoms with van der Waals surface area (Å²) >= 11 is 0. The van der Waals surface area contributed by atoms with E-state index in [1.54, 1.807) is 18.3 Å². The quantitative estimate of drug-likeness (QED) is 0.609. The zero-order valence-corrected chi connectivity index (χ0v) is 17.4. The van der Waals surface area contributed by atoms with Crippen LogP contribution in [0, 0.1) is 11.7 Å². The van der Waals surface area contributed by atoms with Crippen molar-refractivity contribution in [1.82, 2.24) is 4.98 Å². The van der Waals surface area contributed by atoms with Crippen molar-refractivity contribution >= 4 is 10.8 Å². The van der Waals surface area contributed by atoms with Gasteiger partial charge in [-0.05, 0) is 67.2 Å². The second-order valence-electron chi connectivity index (χ2n) is 8.47. The van der Waals surface area contributed by atoms with E-state index in [1.807, 2.05) is 6.07 Å². The van der Waals surface area contributed by atoms with Crippen molar-refractivity contribution in [2.45, 2.75) is 50.5 Å². The number of ether oxygens (including phenoxy) is 1. The summed E-state index contributed by atoms with van der Waals surface area (Å²) in [6.07, 6.45) is 6.52. The highest BCUT2D eigenvalue weighted by Crippen LogP contribution is 2.44. The summed E-state index contributed by atoms with van der Waals surface area (Å²) in [7, 11) is 0. The molecule has 0 aliphatic heterocycles. The predicted octanol–water partition coefficient (Wildman–Crippen LogP) is 4.91. The highest BCUT2D eigenvalue weighted by Gasteiger charge is 2.41. The molecule has 1 saturated carbocycles. The number of halogens is 1. The smallest absolute Gasteiger partial charge is 0.255 e. The lowest BCUT2D eigenvalue weighted by molar-refractivity contribution is 0.143. The van der Waals surface area contributed by atoms with E-state index in [0.717, 1.165) is 32.1 Å². The van der Waals surface area contributed by atoms with Crippen LogP contribution in [-0.4, -0.2) is 17.6 Å². The first-order chi connectivity index (χ1) is 14.5. The van der Waals surface area contributed by atoms with Gasteiger partial charge in [-0.25, -0.2) is 4.39 Å². The summed E-state index contributed by atoms with van der Waals surface area (Å²) in [5.41, 5.74) is 7.63. The fourth-order valence-corrected chi connectivity index (χ4v) is 4.90. The average molecular weight is 409 g/mol. The molecule has 2 aromatic carbocycles. The molecule has 4 rings (SSSR count). The van der Waals surface area contributed by atoms with Crippen molar-refractivity contribution in [1.29, 1.82) is 0 Å². The van der Waals surface area contributed by atoms with Crippen LogP contribution in [0.5, 0.6) is 5.75 Å². The molecule has 30 heavy (non-hydrogen) atoms. The molecule has 0 spiro atoms. The molecule has 3 aromatic rings. The van der Waals surface area contributed by atoms with Crippen molar-refractivity contribution in [3.63, 3.8) is 0 Å². The Hall–Kier alpha value is -2.66. The Bertz CT molecular complexity index is 1060. The monoisotopic (exact) mass is 408 g/mol. The number of hydrogen-bond acceptors (Lipinski definition) is 3. The van der Waals surface area contributed by atoms with E-state index in [0.29, 0.717) is 23.3 Å². The normalized spacial score (nSPS) is 22.7. The Balaban J connectivity index is 1.45. The van der Waals surface area contributed by atoms with E-state index in [1.165, 1.54) is 11.6 Å². The van der Waals surface area contributed by atoms with Gasteiger partial charge in [-0.15, -0.1) is 0 Å². The number of aromatic amines is 1. The number of aromatic nitrogens is 1. The zero-order valence-electron chi connectivity index (χ0n) is 17.4. The van der Waals surface area contributed by atoms with Gasteiger partial charge in [0.2, 0.25) is 0 Å². The van der Waals surface area contributed by atoms with Gasteiger partial charge in [-0.2, -0.15) is 0 Å². The molecule has 1 unspecified atom stereocenters. The van der Waals surface area contributed by atoms with Crippen molar-refractivity contribution in [2.75, 3.05) is 6.61 Å². The summed E-state index contributed by atoms with van der Waals surface area (Å²) in [6, 6.07) is 15.3. The minimum Gasteiger partial charge on any atom is -0.490 e. The molecule has 4 nitrogen and oxygen atoms in total. The van der Waals surface area contributed by atoms with Crippen molar-refractivity contribution in [3.8, 4) is 5.75 Å². The summed E-state index contributed by atoms with van der Waals surface area (Å²) < 4.78 is 20.3. The maximum absolute atomic E-state index is 14.5. The van der Waals surface area contributed by atoms with E-state index in [2.05, 4.69) is 36.2 Å². The first-order valence-corrected chi connectivity index (χ1v) is 10.8. The van der Waals surface area contributed by atoms with Crippen LogP contribution in [0.15, 0.2) is 59.5 Å². The van der Waals surface area contributed by atoms with Crippen LogP contribution in [0.1, 0.15) is 44.6 Å². The standard InChI is InChI=1S/C25H29FN2O2/c1-2-23(27)25(19-6-4-3-5-7-19)11-8-17(9-12-25)16-30-22-14-18-10-13-28-24(29)20(18)15-21(22)26/h3-7,10,13-15,17,23H,2,8-9,11-12,16,27H2,1H3,(H,28,29). The summed E-state index contributed by atoms with van der Waals surface area (Å²) in [5.74, 6) is 0.0695. The van der Waals surface area contributed by atoms with Crippen LogP contribution in [0.4, 0.5) is 4.39 Å². The molecular formula is C25H29FN2O2. The molecule has 1 aromatic heterocycles. The molecule has 158 valence electrons. The number of benzene rings is 2. The third-order valence-electron chi connectivity index (χ3n) is 6.80. The van der Waals surface area contributed by atoms with Crippen LogP contribution in [0.2, 0.25) is 0 Å². The molecule has 0 bridgehead atoms. The second kappa shape index (κ2) is 8.60. The Morgan fingerprint density at radius 3 is 2.63 bits per heavy atom. The third kappa shape index (κ3) is 3.86. The van der Waals surface area contributed by atoms with Gasteiger partial charge < -0.3 is 15.5 Å². The SMILES string of the molecule is CCC(N)C1(c2ccccc2)CCC(COc2cc3cc[nH]c(=O)c3cc2F)CC1. The predicted molar refractivity (Wildman–Crippen MR) is 118 cm³/mol. The van der Waals surface area contributed by atoms with Gasteiger partial charge >= 0.3 is 0 Å². The number of fused-ring (bicyclic) bond motifs is 1. The number of pyridine rings is 1. The zero-order chi connectivity index (χ0) is 21.1. The molecule has 1 atom stereocenters. The van der Waals surface area contributed by atoms with Gasteiger partial charge in [-0.1, -0.05) is 37.3 Å². The number of hydrogen-bond donors (Lipinski definition) is 2. The van der Waals surface area contributed by atoms with Crippen LogP contribution < -0.4 is 16.0 Å². The maximum atomic E-state index is 14.5. The molecule has 1 aliphatic carbocycles. The minimum atomic E-state index is -0.498. The van der Waals surface area contributed by atoms with Gasteiger partial charge in [0.25, 0.3) is 5.56 Å². The highest BCUT2D eigenvalue weighted by atomic mass is 19.1. The Morgan fingerprint density at radius 2 is 1.93 bits per heavy atom. The van der Waals surface area contributed by atoms with Gasteiger partial charge in [0, 0.05) is 17.7 Å². The molecule has 1 fully saturated rings. The summed E-state index contributed by atoms with van der Waals surface area (Å²) in [6.45, 7) is 2.62. The fourth-order valence-electron chi connectivity index (χ4n) is 4.90. The third-order valence-corrected chi connectivity index (χ3v) is 6.80. The first-order valence-electron chi connectivity index (χ1n) is 10.8. The van der Waals surface area contributed by atoms with Crippen molar-refractivity contribution in [3.05, 3.63) is 76.5 Å². The van der Waals surface area contributed by atoms with E-state index < -0.39 is 5.82 Å². The highest BCUT2D eigenvalue weighted by molar-refractivity contribution is 5.82. The van der Waals surface area contributed by atoms with Gasteiger partial charge in [0.15, 0.2) is 11.6 Å². The fraction of sp³-hybridized carbons (Fsp3) is 0.400. The van der Waals surface area contributed by atoms with Crippen LogP contribution in [0.25, 0.3) is 10.8 Å². The van der Waals surface area contributed by atoms with E-state index in [9.17, 15) is 9.18 Å². The lowest BCUT2D eigenvalue weighted by Crippen LogP contribution is -2.48. The Morgan fingerprint density at radius 1 is 1.20 bits per heavy atom. The minimum absolute atomic E-state index is 0.00172. The molecule has 1 aliphatic rings. The molecule has 0 radical (unpaired) electrons. The molecule has 5 heteroatoms. The van der Waals surface area contributed by atoms with E-state index in [-0.39, 0.29) is 22.8 Å². The molecule has 0 saturated heterocycles. The number of H-pyrrole nitrogens is 1. The molecular weight excluding hydrogens is 379 g/mol. The summed E-state index contributed by atoms with van der Waals surface area (Å²) in [5, 5.41) is 1.01. The lowest BCUT2D eigenvalue weighted by Gasteiger charge is -2.44. The van der Waals surface area contributed by atoms with Crippen molar-refractivity contribution < 1.29 is 9.13 Å². The number of rotatable bonds is 6. The first kappa shape index (κ1) is 20.6. The maximum Gasteiger partial charge on any atom is 0.255 e. The van der Waals surface area contributed by atoms with Crippen LogP contribution in [0.3, 0.4) is 0 Å². The summed E-state index contributed by atoms with van der Waals surface area (Å²) in [4.78, 5) is 14.4. The largest absolute Gasteiger partial charge is 0.490 e. The topological polar surface area (TPSA) is 68.1 Å². The molecule has 1 heterocycles. The molecule has 0 amide bonds. The Kier molecular flexibility index (Phi) is 5.91. The van der Waals surface area contributed by atoms with Crippen LogP contribution >= 0.6 is 0 Å².